The van der Waals surface area contributed by atoms with E-state index in [0.717, 1.165) is 63.7 Å². The van der Waals surface area contributed by atoms with Crippen molar-refractivity contribution in [1.29, 1.82) is 0 Å². The lowest BCUT2D eigenvalue weighted by Crippen LogP contribution is -2.45. The van der Waals surface area contributed by atoms with Crippen molar-refractivity contribution in [2.24, 2.45) is 0 Å². The van der Waals surface area contributed by atoms with E-state index in [1.807, 2.05) is 24.1 Å². The number of hydrogen-bond acceptors (Lipinski definition) is 5. The molecule has 1 amide bonds. The Hall–Kier alpha value is -2.15. The van der Waals surface area contributed by atoms with Gasteiger partial charge in [-0.25, -0.2) is 4.98 Å². The summed E-state index contributed by atoms with van der Waals surface area (Å²) in [5.74, 6) is -0.242. The van der Waals surface area contributed by atoms with Crippen LogP contribution in [0.1, 0.15) is 80.8 Å². The maximum Gasteiger partial charge on any atom is 0.304 e. The Morgan fingerprint density at radius 3 is 2.67 bits per heavy atom. The average molecular weight is 417 g/mol. The number of aromatic nitrogens is 1. The number of nitrogens with one attached hydrogen (secondary N) is 2. The van der Waals surface area contributed by atoms with Crippen molar-refractivity contribution in [1.82, 2.24) is 15.6 Å². The van der Waals surface area contributed by atoms with Gasteiger partial charge in [-0.3, -0.25) is 9.59 Å². The monoisotopic (exact) mass is 416 g/mol. The minimum absolute atomic E-state index is 0.0392. The first-order valence-electron chi connectivity index (χ1n) is 11.4. The normalized spacial score (nSPS) is 22.5. The Balaban J connectivity index is 1.93. The predicted octanol–water partition coefficient (Wildman–Crippen LogP) is 3.09. The largest absolute Gasteiger partial charge is 0.481 e. The number of pyridine rings is 1. The van der Waals surface area contributed by atoms with Crippen LogP contribution in [0.2, 0.25) is 0 Å². The summed E-state index contributed by atoms with van der Waals surface area (Å²) in [7, 11) is 1.95. The van der Waals surface area contributed by atoms with Crippen molar-refractivity contribution in [3.63, 3.8) is 0 Å². The highest BCUT2D eigenvalue weighted by molar-refractivity contribution is 5.99. The first-order valence-corrected chi connectivity index (χ1v) is 11.4. The number of nitrogens with zero attached hydrogens (tertiary/aromatic N) is 2. The smallest absolute Gasteiger partial charge is 0.304 e. The van der Waals surface area contributed by atoms with Crippen LogP contribution < -0.4 is 15.5 Å². The predicted molar refractivity (Wildman–Crippen MR) is 118 cm³/mol. The van der Waals surface area contributed by atoms with E-state index < -0.39 is 11.4 Å². The van der Waals surface area contributed by atoms with Gasteiger partial charge in [-0.1, -0.05) is 26.2 Å². The van der Waals surface area contributed by atoms with Crippen LogP contribution in [0.3, 0.4) is 0 Å². The second-order valence-corrected chi connectivity index (χ2v) is 8.93. The van der Waals surface area contributed by atoms with Crippen LogP contribution in [0.15, 0.2) is 12.1 Å². The average Bonchev–Trinajstić information content (AvgIpc) is 2.74. The van der Waals surface area contributed by atoms with Crippen molar-refractivity contribution in [2.45, 2.75) is 76.2 Å². The molecule has 7 heteroatoms. The molecule has 3 N–H and O–H groups in total. The van der Waals surface area contributed by atoms with Gasteiger partial charge in [0.25, 0.3) is 5.91 Å². The van der Waals surface area contributed by atoms with E-state index in [-0.39, 0.29) is 18.4 Å². The second-order valence-electron chi connectivity index (χ2n) is 8.93. The number of aliphatic carboxylic acids is 1. The third kappa shape index (κ3) is 5.31. The summed E-state index contributed by atoms with van der Waals surface area (Å²) < 4.78 is 0. The Bertz CT molecular complexity index is 740. The van der Waals surface area contributed by atoms with Gasteiger partial charge in [0, 0.05) is 31.6 Å². The number of hydrogen-bond donors (Lipinski definition) is 3. The molecular formula is C23H36N4O3. The van der Waals surface area contributed by atoms with Crippen LogP contribution in [0.25, 0.3) is 0 Å². The van der Waals surface area contributed by atoms with Crippen LogP contribution in [0.4, 0.5) is 5.82 Å². The molecular weight excluding hydrogens is 380 g/mol. The molecule has 166 valence electrons. The molecule has 0 bridgehead atoms. The number of piperidine rings is 1. The SMILES string of the molecule is CCCN(C)c1nc([C@]2(CC(=O)O)CCCNC2)ccc1C(=O)NC1CCCCC1. The molecule has 30 heavy (non-hydrogen) atoms. The quantitative estimate of drug-likeness (QED) is 0.603. The highest BCUT2D eigenvalue weighted by atomic mass is 16.4. The van der Waals surface area contributed by atoms with Crippen LogP contribution >= 0.6 is 0 Å². The van der Waals surface area contributed by atoms with Crippen molar-refractivity contribution < 1.29 is 14.7 Å². The van der Waals surface area contributed by atoms with E-state index in [9.17, 15) is 14.7 Å². The summed E-state index contributed by atoms with van der Waals surface area (Å²) in [5.41, 5.74) is 0.809. The van der Waals surface area contributed by atoms with Gasteiger partial charge in [-0.05, 0) is 50.8 Å². The highest BCUT2D eigenvalue weighted by Gasteiger charge is 2.38. The van der Waals surface area contributed by atoms with Crippen LogP contribution in [0.5, 0.6) is 0 Å². The van der Waals surface area contributed by atoms with Gasteiger partial charge in [-0.15, -0.1) is 0 Å². The molecule has 0 spiro atoms. The molecule has 2 fully saturated rings. The lowest BCUT2D eigenvalue weighted by Gasteiger charge is -2.37. The third-order valence-electron chi connectivity index (χ3n) is 6.49. The van der Waals surface area contributed by atoms with E-state index in [2.05, 4.69) is 17.6 Å². The molecule has 1 aliphatic heterocycles. The fourth-order valence-electron chi connectivity index (χ4n) is 4.88. The lowest BCUT2D eigenvalue weighted by molar-refractivity contribution is -0.138. The number of carbonyl (C=O) groups is 2. The van der Waals surface area contributed by atoms with Gasteiger partial charge < -0.3 is 20.6 Å². The molecule has 1 aromatic rings. The first-order chi connectivity index (χ1) is 14.4. The zero-order valence-corrected chi connectivity index (χ0v) is 18.4. The fourth-order valence-corrected chi connectivity index (χ4v) is 4.88. The number of carboxylic acids is 1. The van der Waals surface area contributed by atoms with Crippen molar-refractivity contribution in [3.05, 3.63) is 23.4 Å². The molecule has 0 aromatic carbocycles. The minimum atomic E-state index is -0.817. The number of anilines is 1. The Labute approximate surface area is 179 Å². The molecule has 3 rings (SSSR count). The van der Waals surface area contributed by atoms with Crippen LogP contribution in [-0.2, 0) is 10.2 Å². The van der Waals surface area contributed by atoms with E-state index in [1.165, 1.54) is 6.42 Å². The van der Waals surface area contributed by atoms with Crippen LogP contribution in [-0.4, -0.2) is 54.7 Å². The van der Waals surface area contributed by atoms with Crippen molar-refractivity contribution in [2.75, 3.05) is 31.6 Å². The highest BCUT2D eigenvalue weighted by Crippen LogP contribution is 2.35. The van der Waals surface area contributed by atoms with Crippen LogP contribution in [0, 0.1) is 0 Å². The Morgan fingerprint density at radius 2 is 2.03 bits per heavy atom. The Kier molecular flexibility index (Phi) is 7.69. The molecule has 1 atom stereocenters. The van der Waals surface area contributed by atoms with Gasteiger partial charge in [0.05, 0.1) is 17.7 Å². The first kappa shape index (κ1) is 22.5. The van der Waals surface area contributed by atoms with E-state index in [1.54, 1.807) is 0 Å². The van der Waals surface area contributed by atoms with E-state index in [0.29, 0.717) is 17.9 Å². The molecule has 1 aromatic heterocycles. The van der Waals surface area contributed by atoms with Gasteiger partial charge in [-0.2, -0.15) is 0 Å². The lowest BCUT2D eigenvalue weighted by atomic mass is 9.74. The van der Waals surface area contributed by atoms with Crippen molar-refractivity contribution in [3.8, 4) is 0 Å². The summed E-state index contributed by atoms with van der Waals surface area (Å²) in [5, 5.41) is 16.1. The number of carboxylic acid groups (broad SMARTS) is 1. The summed E-state index contributed by atoms with van der Waals surface area (Å²) in [4.78, 5) is 31.7. The second kappa shape index (κ2) is 10.2. The zero-order chi connectivity index (χ0) is 21.6. The standard InChI is InChI=1S/C23H36N4O3/c1-3-14-27(2)21-18(22(30)25-17-8-5-4-6-9-17)10-11-19(26-21)23(15-20(28)29)12-7-13-24-16-23/h10-11,17,24H,3-9,12-16H2,1-2H3,(H,25,30)(H,28,29)/t23-/m0/s1. The zero-order valence-electron chi connectivity index (χ0n) is 18.4. The summed E-state index contributed by atoms with van der Waals surface area (Å²) >= 11 is 0. The fraction of sp³-hybridized carbons (Fsp3) is 0.696. The van der Waals surface area contributed by atoms with Crippen molar-refractivity contribution >= 4 is 17.7 Å². The summed E-state index contributed by atoms with van der Waals surface area (Å²) in [6, 6.07) is 3.95. The molecule has 7 nitrogen and oxygen atoms in total. The summed E-state index contributed by atoms with van der Waals surface area (Å²) in [6.07, 6.45) is 8.31. The van der Waals surface area contributed by atoms with Gasteiger partial charge in [0.1, 0.15) is 5.82 Å². The molecule has 1 saturated heterocycles. The number of rotatable bonds is 8. The molecule has 0 radical (unpaired) electrons. The number of amides is 1. The maximum atomic E-state index is 13.1. The summed E-state index contributed by atoms with van der Waals surface area (Å²) in [6.45, 7) is 4.37. The molecule has 2 aliphatic rings. The van der Waals surface area contributed by atoms with E-state index in [4.69, 9.17) is 4.98 Å². The Morgan fingerprint density at radius 1 is 1.27 bits per heavy atom. The molecule has 1 saturated carbocycles. The van der Waals surface area contributed by atoms with Gasteiger partial charge in [0.2, 0.25) is 0 Å². The molecule has 1 aliphatic carbocycles. The number of carbonyl (C=O) groups excluding carboxylic acids is 1. The van der Waals surface area contributed by atoms with Gasteiger partial charge in [0.15, 0.2) is 0 Å². The van der Waals surface area contributed by atoms with Gasteiger partial charge >= 0.3 is 5.97 Å². The molecule has 0 unspecified atom stereocenters. The topological polar surface area (TPSA) is 94.6 Å². The molecule has 2 heterocycles. The third-order valence-corrected chi connectivity index (χ3v) is 6.49. The van der Waals surface area contributed by atoms with E-state index >= 15 is 0 Å². The minimum Gasteiger partial charge on any atom is -0.481 e. The maximum absolute atomic E-state index is 13.1.